The zero-order chi connectivity index (χ0) is 14.0. The minimum Gasteiger partial charge on any atom is -0.325 e. The van der Waals surface area contributed by atoms with E-state index in [9.17, 15) is 9.59 Å². The highest BCUT2D eigenvalue weighted by molar-refractivity contribution is 5.94. The molecule has 1 atom stereocenters. The van der Waals surface area contributed by atoms with Crippen molar-refractivity contribution in [1.82, 2.24) is 14.3 Å². The first-order valence-electron chi connectivity index (χ1n) is 5.76. The summed E-state index contributed by atoms with van der Waals surface area (Å²) in [5.74, 6) is -0.261. The molecule has 0 aliphatic heterocycles. The van der Waals surface area contributed by atoms with Crippen LogP contribution in [0.4, 0.5) is 5.69 Å². The Bertz CT molecular complexity index is 645. The van der Waals surface area contributed by atoms with Gasteiger partial charge in [-0.1, -0.05) is 0 Å². The van der Waals surface area contributed by atoms with Gasteiger partial charge in [0.05, 0.1) is 11.7 Å². The lowest BCUT2D eigenvalue weighted by atomic mass is 10.2. The van der Waals surface area contributed by atoms with Crippen molar-refractivity contribution in [2.24, 2.45) is 12.8 Å². The number of hydrogen-bond acceptors (Lipinski definition) is 4. The number of hydrogen-bond donors (Lipinski definition) is 2. The number of carbonyl (C=O) groups excluding carboxylic acids is 1. The highest BCUT2D eigenvalue weighted by atomic mass is 35.5. The molecule has 2 rings (SSSR count). The molecule has 1 aromatic heterocycles. The van der Waals surface area contributed by atoms with E-state index in [-0.39, 0.29) is 24.0 Å². The zero-order valence-corrected chi connectivity index (χ0v) is 11.9. The molecule has 0 aliphatic carbocycles. The molecule has 108 valence electrons. The van der Waals surface area contributed by atoms with E-state index in [1.165, 1.54) is 15.6 Å². The average molecular weight is 298 g/mol. The maximum atomic E-state index is 11.7. The van der Waals surface area contributed by atoms with E-state index in [1.807, 2.05) is 0 Å². The Hall–Kier alpha value is -2.12. The third-order valence-electron chi connectivity index (χ3n) is 2.62. The van der Waals surface area contributed by atoms with Gasteiger partial charge in [-0.25, -0.2) is 4.79 Å². The van der Waals surface area contributed by atoms with Crippen molar-refractivity contribution in [2.75, 3.05) is 5.32 Å². The Labute approximate surface area is 121 Å². The van der Waals surface area contributed by atoms with E-state index >= 15 is 0 Å². The fraction of sp³-hybridized carbons (Fsp3) is 0.250. The summed E-state index contributed by atoms with van der Waals surface area (Å²) in [5.41, 5.74) is 6.48. The molecule has 8 heteroatoms. The molecule has 2 aromatic rings. The Morgan fingerprint density at radius 1 is 1.35 bits per heavy atom. The van der Waals surface area contributed by atoms with Gasteiger partial charge in [-0.05, 0) is 31.2 Å². The minimum absolute atomic E-state index is 0. The normalized spacial score (nSPS) is 11.6. The van der Waals surface area contributed by atoms with Gasteiger partial charge >= 0.3 is 5.69 Å². The second-order valence-electron chi connectivity index (χ2n) is 4.26. The largest absolute Gasteiger partial charge is 0.350 e. The Morgan fingerprint density at radius 3 is 2.40 bits per heavy atom. The van der Waals surface area contributed by atoms with Gasteiger partial charge < -0.3 is 11.1 Å². The number of anilines is 1. The first-order chi connectivity index (χ1) is 8.99. The molecule has 20 heavy (non-hydrogen) atoms. The van der Waals surface area contributed by atoms with Gasteiger partial charge in [0.2, 0.25) is 5.91 Å². The lowest BCUT2D eigenvalue weighted by Crippen LogP contribution is -2.32. The number of halogens is 1. The van der Waals surface area contributed by atoms with Gasteiger partial charge in [-0.15, -0.1) is 12.4 Å². The summed E-state index contributed by atoms with van der Waals surface area (Å²) >= 11 is 0. The number of carbonyl (C=O) groups is 1. The van der Waals surface area contributed by atoms with Gasteiger partial charge in [0.25, 0.3) is 0 Å². The number of nitrogens with two attached hydrogens (primary N) is 1. The number of rotatable bonds is 3. The first-order valence-corrected chi connectivity index (χ1v) is 5.76. The van der Waals surface area contributed by atoms with Crippen LogP contribution in [0.1, 0.15) is 6.92 Å². The Balaban J connectivity index is 0.00000200. The van der Waals surface area contributed by atoms with Crippen LogP contribution < -0.4 is 16.7 Å². The van der Waals surface area contributed by atoms with Crippen LogP contribution in [-0.2, 0) is 11.8 Å². The quantitative estimate of drug-likeness (QED) is 0.850. The number of benzene rings is 1. The monoisotopic (exact) mass is 297 g/mol. The van der Waals surface area contributed by atoms with E-state index in [2.05, 4.69) is 10.4 Å². The van der Waals surface area contributed by atoms with Crippen molar-refractivity contribution >= 4 is 24.0 Å². The summed E-state index contributed by atoms with van der Waals surface area (Å²) in [5, 5.41) is 6.63. The van der Waals surface area contributed by atoms with E-state index in [1.54, 1.807) is 38.2 Å². The van der Waals surface area contributed by atoms with Crippen molar-refractivity contribution < 1.29 is 4.79 Å². The van der Waals surface area contributed by atoms with Crippen molar-refractivity contribution in [3.05, 3.63) is 41.1 Å². The van der Waals surface area contributed by atoms with Crippen molar-refractivity contribution in [3.63, 3.8) is 0 Å². The standard InChI is InChI=1S/C12H15N5O2.ClH/c1-8(13)11(18)15-9-3-5-10(6-4-9)17-12(19)16(2)7-14-17;/h3-8H,13H2,1-2H3,(H,15,18);1H. The lowest BCUT2D eigenvalue weighted by Gasteiger charge is -2.08. The summed E-state index contributed by atoms with van der Waals surface area (Å²) in [7, 11) is 1.63. The van der Waals surface area contributed by atoms with E-state index in [0.717, 1.165) is 0 Å². The van der Waals surface area contributed by atoms with E-state index < -0.39 is 6.04 Å². The highest BCUT2D eigenvalue weighted by Gasteiger charge is 2.08. The smallest absolute Gasteiger partial charge is 0.325 e. The molecule has 1 unspecified atom stereocenters. The van der Waals surface area contributed by atoms with Crippen LogP contribution in [-0.4, -0.2) is 26.3 Å². The maximum absolute atomic E-state index is 11.7. The molecule has 1 amide bonds. The average Bonchev–Trinajstić information content (AvgIpc) is 2.71. The summed E-state index contributed by atoms with van der Waals surface area (Å²) in [6.07, 6.45) is 1.44. The van der Waals surface area contributed by atoms with E-state index in [4.69, 9.17) is 5.73 Å². The molecular formula is C12H16ClN5O2. The Morgan fingerprint density at radius 2 is 1.95 bits per heavy atom. The Kier molecular flexibility index (Phi) is 5.06. The predicted molar refractivity (Wildman–Crippen MR) is 78.3 cm³/mol. The molecule has 0 fully saturated rings. The molecule has 0 saturated carbocycles. The van der Waals surface area contributed by atoms with Gasteiger partial charge in [0.15, 0.2) is 0 Å². The van der Waals surface area contributed by atoms with E-state index in [0.29, 0.717) is 11.4 Å². The van der Waals surface area contributed by atoms with Crippen LogP contribution in [0.3, 0.4) is 0 Å². The third-order valence-corrected chi connectivity index (χ3v) is 2.62. The summed E-state index contributed by atoms with van der Waals surface area (Å²) in [4.78, 5) is 23.1. The molecule has 0 spiro atoms. The topological polar surface area (TPSA) is 94.9 Å². The fourth-order valence-electron chi connectivity index (χ4n) is 1.50. The molecule has 1 aromatic carbocycles. The van der Waals surface area contributed by atoms with Crippen LogP contribution >= 0.6 is 12.4 Å². The fourth-order valence-corrected chi connectivity index (χ4v) is 1.50. The van der Waals surface area contributed by atoms with Crippen LogP contribution in [0.15, 0.2) is 35.4 Å². The summed E-state index contributed by atoms with van der Waals surface area (Å²) in [6.45, 7) is 1.61. The molecule has 1 heterocycles. The summed E-state index contributed by atoms with van der Waals surface area (Å²) in [6, 6.07) is 6.21. The predicted octanol–water partition coefficient (Wildman–Crippen LogP) is 0.278. The second-order valence-corrected chi connectivity index (χ2v) is 4.26. The first kappa shape index (κ1) is 15.9. The van der Waals surface area contributed by atoms with Gasteiger partial charge in [-0.3, -0.25) is 9.36 Å². The summed E-state index contributed by atoms with van der Waals surface area (Å²) < 4.78 is 2.66. The molecular weight excluding hydrogens is 282 g/mol. The van der Waals surface area contributed by atoms with Gasteiger partial charge in [-0.2, -0.15) is 9.78 Å². The SMILES string of the molecule is CC(N)C(=O)Nc1ccc(-n2ncn(C)c2=O)cc1.Cl. The zero-order valence-electron chi connectivity index (χ0n) is 11.1. The van der Waals surface area contributed by atoms with Crippen molar-refractivity contribution in [2.45, 2.75) is 13.0 Å². The van der Waals surface area contributed by atoms with Gasteiger partial charge in [0, 0.05) is 12.7 Å². The lowest BCUT2D eigenvalue weighted by molar-refractivity contribution is -0.117. The molecule has 0 saturated heterocycles. The van der Waals surface area contributed by atoms with Crippen LogP contribution in [0.25, 0.3) is 5.69 Å². The number of aromatic nitrogens is 3. The number of nitrogens with zero attached hydrogens (tertiary/aromatic N) is 3. The van der Waals surface area contributed by atoms with Gasteiger partial charge in [0.1, 0.15) is 6.33 Å². The molecule has 3 N–H and O–H groups in total. The van der Waals surface area contributed by atoms with Crippen LogP contribution in [0.5, 0.6) is 0 Å². The van der Waals surface area contributed by atoms with Crippen LogP contribution in [0, 0.1) is 0 Å². The van der Waals surface area contributed by atoms with Crippen molar-refractivity contribution in [1.29, 1.82) is 0 Å². The number of amides is 1. The third kappa shape index (κ3) is 3.25. The minimum atomic E-state index is -0.571. The number of nitrogens with one attached hydrogen (secondary N) is 1. The number of aryl methyl sites for hydroxylation is 1. The van der Waals surface area contributed by atoms with Crippen molar-refractivity contribution in [3.8, 4) is 5.69 Å². The molecule has 0 aliphatic rings. The highest BCUT2D eigenvalue weighted by Crippen LogP contribution is 2.11. The second kappa shape index (κ2) is 6.36. The molecule has 7 nitrogen and oxygen atoms in total. The maximum Gasteiger partial charge on any atom is 0.350 e. The van der Waals surface area contributed by atoms with Crippen LogP contribution in [0.2, 0.25) is 0 Å². The molecule has 0 bridgehead atoms. The molecule has 0 radical (unpaired) electrons.